The molecule has 1 amide bonds. The number of carbonyl (C=O) groups excluding carboxylic acids is 1. The van der Waals surface area contributed by atoms with Crippen LogP contribution in [-0.4, -0.2) is 56.7 Å². The Bertz CT molecular complexity index is 1520. The van der Waals surface area contributed by atoms with Crippen LogP contribution in [0.1, 0.15) is 47.7 Å². The van der Waals surface area contributed by atoms with Gasteiger partial charge in [0.15, 0.2) is 5.82 Å². The molecule has 0 saturated carbocycles. The van der Waals surface area contributed by atoms with Gasteiger partial charge in [-0.2, -0.15) is 10.2 Å². The molecule has 3 aliphatic heterocycles. The van der Waals surface area contributed by atoms with Crippen LogP contribution in [0.4, 0.5) is 11.5 Å². The first-order chi connectivity index (χ1) is 19.0. The molecule has 0 spiro atoms. The normalized spacial score (nSPS) is 20.7. The summed E-state index contributed by atoms with van der Waals surface area (Å²) in [5.74, 6) is 1.43. The van der Waals surface area contributed by atoms with Gasteiger partial charge in [0.1, 0.15) is 0 Å². The summed E-state index contributed by atoms with van der Waals surface area (Å²) in [5, 5.41) is 9.70. The van der Waals surface area contributed by atoms with Crippen molar-refractivity contribution in [3.8, 4) is 11.1 Å². The van der Waals surface area contributed by atoms with Crippen LogP contribution < -0.4 is 4.90 Å². The number of nitrogens with zero attached hydrogens (tertiary/aromatic N) is 6. The summed E-state index contributed by atoms with van der Waals surface area (Å²) >= 11 is 0. The minimum atomic E-state index is 0.117. The third kappa shape index (κ3) is 4.33. The number of anilines is 2. The van der Waals surface area contributed by atoms with Gasteiger partial charge in [-0.05, 0) is 41.7 Å². The van der Waals surface area contributed by atoms with E-state index in [4.69, 9.17) is 9.84 Å². The molecule has 4 aromatic rings. The maximum absolute atomic E-state index is 12.4. The van der Waals surface area contributed by atoms with E-state index in [0.29, 0.717) is 19.1 Å². The van der Waals surface area contributed by atoms with Crippen LogP contribution in [0.2, 0.25) is 0 Å². The molecule has 39 heavy (non-hydrogen) atoms. The van der Waals surface area contributed by atoms with Crippen LogP contribution in [0.15, 0.2) is 60.9 Å². The zero-order valence-corrected chi connectivity index (χ0v) is 22.6. The van der Waals surface area contributed by atoms with Gasteiger partial charge >= 0.3 is 0 Å². The van der Waals surface area contributed by atoms with Crippen molar-refractivity contribution < 1.29 is 9.53 Å². The largest absolute Gasteiger partial charge is 0.379 e. The quantitative estimate of drug-likeness (QED) is 0.391. The maximum Gasteiger partial charge on any atom is 0.219 e. The summed E-state index contributed by atoms with van der Waals surface area (Å²) in [7, 11) is 1.95. The highest BCUT2D eigenvalue weighted by atomic mass is 16.5. The van der Waals surface area contributed by atoms with Gasteiger partial charge in [0.2, 0.25) is 5.91 Å². The topological polar surface area (TPSA) is 68.4 Å². The Morgan fingerprint density at radius 1 is 1.10 bits per heavy atom. The molecular formula is C31H34N6O2. The van der Waals surface area contributed by atoms with Crippen molar-refractivity contribution in [1.29, 1.82) is 0 Å². The van der Waals surface area contributed by atoms with E-state index >= 15 is 0 Å². The fourth-order valence-corrected chi connectivity index (χ4v) is 6.49. The monoisotopic (exact) mass is 522 g/mol. The standard InChI is InChI=1S/C31H34N6O2/c1-21(38)35-12-10-30-28(19-35)31(33-37(30)27-11-13-39-20-27)36-18-25(22-6-4-3-5-7-22)15-24-14-23(8-9-29(24)36)26-16-32-34(2)17-26/h3-9,14,16-17,25,27H,10-13,15,18-20H2,1-2H3/t25-,27+/m0/s1. The number of aromatic nitrogens is 4. The van der Waals surface area contributed by atoms with Gasteiger partial charge in [0, 0.05) is 74.7 Å². The Hall–Kier alpha value is -3.91. The van der Waals surface area contributed by atoms with Crippen molar-refractivity contribution in [1.82, 2.24) is 24.5 Å². The zero-order chi connectivity index (χ0) is 26.5. The molecule has 8 nitrogen and oxygen atoms in total. The van der Waals surface area contributed by atoms with Crippen LogP contribution in [0, 0.1) is 0 Å². The lowest BCUT2D eigenvalue weighted by molar-refractivity contribution is -0.129. The molecule has 2 aromatic carbocycles. The van der Waals surface area contributed by atoms with Gasteiger partial charge in [-0.25, -0.2) is 0 Å². The zero-order valence-electron chi connectivity index (χ0n) is 22.6. The SMILES string of the molecule is CC(=O)N1CCc2c(c(N3C[C@@H](c4ccccc4)Cc4cc(-c5cnn(C)c5)ccc43)nn2[C@@H]2CCOC2)C1. The molecule has 0 N–H and O–H groups in total. The summed E-state index contributed by atoms with van der Waals surface area (Å²) in [5.41, 5.74) is 8.58. The molecule has 7 rings (SSSR count). The number of ether oxygens (including phenoxy) is 1. The highest BCUT2D eigenvalue weighted by Gasteiger charge is 2.35. The van der Waals surface area contributed by atoms with E-state index < -0.39 is 0 Å². The number of aryl methyl sites for hydroxylation is 1. The molecule has 3 aliphatic rings. The minimum absolute atomic E-state index is 0.117. The van der Waals surface area contributed by atoms with Crippen molar-refractivity contribution >= 4 is 17.4 Å². The van der Waals surface area contributed by atoms with Crippen molar-refractivity contribution in [3.63, 3.8) is 0 Å². The van der Waals surface area contributed by atoms with Gasteiger partial charge in [-0.1, -0.05) is 36.4 Å². The van der Waals surface area contributed by atoms with E-state index in [9.17, 15) is 4.79 Å². The first-order valence-corrected chi connectivity index (χ1v) is 13.9. The van der Waals surface area contributed by atoms with Gasteiger partial charge < -0.3 is 14.5 Å². The highest BCUT2D eigenvalue weighted by Crippen LogP contribution is 2.43. The third-order valence-electron chi connectivity index (χ3n) is 8.57. The van der Waals surface area contributed by atoms with Gasteiger partial charge in [0.25, 0.3) is 0 Å². The average Bonchev–Trinajstić information content (AvgIpc) is 3.72. The van der Waals surface area contributed by atoms with Crippen LogP contribution in [0.25, 0.3) is 11.1 Å². The van der Waals surface area contributed by atoms with Crippen LogP contribution in [-0.2, 0) is 36.0 Å². The number of rotatable bonds is 4. The van der Waals surface area contributed by atoms with Crippen molar-refractivity contribution in [2.75, 3.05) is 31.2 Å². The van der Waals surface area contributed by atoms with Gasteiger partial charge in [-0.3, -0.25) is 14.2 Å². The first-order valence-electron chi connectivity index (χ1n) is 13.9. The lowest BCUT2D eigenvalue weighted by Crippen LogP contribution is -2.36. The average molecular weight is 523 g/mol. The maximum atomic E-state index is 12.4. The number of fused-ring (bicyclic) bond motifs is 2. The van der Waals surface area contributed by atoms with E-state index in [-0.39, 0.29) is 11.9 Å². The Kier molecular flexibility index (Phi) is 6.00. The van der Waals surface area contributed by atoms with Crippen LogP contribution in [0.5, 0.6) is 0 Å². The van der Waals surface area contributed by atoms with E-state index in [2.05, 4.69) is 69.4 Å². The molecule has 0 aliphatic carbocycles. The number of hydrogen-bond acceptors (Lipinski definition) is 5. The van der Waals surface area contributed by atoms with Crippen LogP contribution >= 0.6 is 0 Å². The Morgan fingerprint density at radius 2 is 1.97 bits per heavy atom. The second-order valence-corrected chi connectivity index (χ2v) is 11.1. The molecule has 2 atom stereocenters. The van der Waals surface area contributed by atoms with E-state index in [1.165, 1.54) is 33.6 Å². The highest BCUT2D eigenvalue weighted by molar-refractivity contribution is 5.76. The molecule has 0 bridgehead atoms. The molecule has 0 unspecified atom stereocenters. The first kappa shape index (κ1) is 24.2. The number of carbonyl (C=O) groups is 1. The molecule has 1 fully saturated rings. The fraction of sp³-hybridized carbons (Fsp3) is 0.387. The van der Waals surface area contributed by atoms with Crippen molar-refractivity contribution in [3.05, 3.63) is 83.3 Å². The molecule has 200 valence electrons. The fourth-order valence-electron chi connectivity index (χ4n) is 6.49. The summed E-state index contributed by atoms with van der Waals surface area (Å²) < 4.78 is 9.83. The van der Waals surface area contributed by atoms with Crippen molar-refractivity contribution in [2.24, 2.45) is 7.05 Å². The molecule has 8 heteroatoms. The lowest BCUT2D eigenvalue weighted by Gasteiger charge is -2.37. The van der Waals surface area contributed by atoms with E-state index in [0.717, 1.165) is 50.3 Å². The lowest BCUT2D eigenvalue weighted by atomic mass is 9.86. The minimum Gasteiger partial charge on any atom is -0.379 e. The number of hydrogen-bond donors (Lipinski definition) is 0. The second kappa shape index (κ2) is 9.68. The molecular weight excluding hydrogens is 488 g/mol. The van der Waals surface area contributed by atoms with E-state index in [1.807, 2.05) is 22.8 Å². The molecule has 1 saturated heterocycles. The summed E-state index contributed by atoms with van der Waals surface area (Å²) in [6, 6.07) is 17.8. The van der Waals surface area contributed by atoms with E-state index in [1.54, 1.807) is 6.92 Å². The summed E-state index contributed by atoms with van der Waals surface area (Å²) in [6.45, 7) is 5.31. The summed E-state index contributed by atoms with van der Waals surface area (Å²) in [4.78, 5) is 16.8. The molecule has 0 radical (unpaired) electrons. The number of benzene rings is 2. The Balaban J connectivity index is 1.36. The molecule has 2 aromatic heterocycles. The third-order valence-corrected chi connectivity index (χ3v) is 8.57. The predicted octanol–water partition coefficient (Wildman–Crippen LogP) is 4.63. The molecule has 5 heterocycles. The summed E-state index contributed by atoms with van der Waals surface area (Å²) in [6.07, 6.45) is 6.75. The van der Waals surface area contributed by atoms with Crippen molar-refractivity contribution in [2.45, 2.75) is 44.7 Å². The van der Waals surface area contributed by atoms with Gasteiger partial charge in [-0.15, -0.1) is 0 Å². The van der Waals surface area contributed by atoms with Crippen LogP contribution in [0.3, 0.4) is 0 Å². The van der Waals surface area contributed by atoms with Gasteiger partial charge in [0.05, 0.1) is 25.4 Å². The Morgan fingerprint density at radius 3 is 2.72 bits per heavy atom. The smallest absolute Gasteiger partial charge is 0.219 e. The Labute approximate surface area is 228 Å². The second-order valence-electron chi connectivity index (χ2n) is 11.1. The number of amides is 1. The predicted molar refractivity (Wildman–Crippen MR) is 150 cm³/mol.